The van der Waals surface area contributed by atoms with E-state index in [0.29, 0.717) is 35.5 Å². The van der Waals surface area contributed by atoms with Crippen LogP contribution in [0.1, 0.15) is 6.42 Å². The summed E-state index contributed by atoms with van der Waals surface area (Å²) in [6, 6.07) is 8.47. The summed E-state index contributed by atoms with van der Waals surface area (Å²) in [4.78, 5) is 12.3. The summed E-state index contributed by atoms with van der Waals surface area (Å²) in [5.41, 5.74) is 7.22. The van der Waals surface area contributed by atoms with Gasteiger partial charge in [0.1, 0.15) is 11.9 Å². The summed E-state index contributed by atoms with van der Waals surface area (Å²) in [5.74, 6) is -1.44. The normalized spacial score (nSPS) is 17.1. The molecule has 5 nitrogen and oxygen atoms in total. The van der Waals surface area contributed by atoms with Crippen molar-refractivity contribution >= 4 is 11.8 Å². The van der Waals surface area contributed by atoms with Crippen molar-refractivity contribution in [2.24, 2.45) is 0 Å². The van der Waals surface area contributed by atoms with Crippen LogP contribution in [0.3, 0.4) is 0 Å². The van der Waals surface area contributed by atoms with E-state index in [1.807, 2.05) is 0 Å². The van der Waals surface area contributed by atoms with E-state index in [1.165, 1.54) is 11.0 Å². The zero-order valence-electron chi connectivity index (χ0n) is 12.7. The van der Waals surface area contributed by atoms with Gasteiger partial charge in [-0.25, -0.2) is 13.6 Å². The zero-order valence-corrected chi connectivity index (χ0v) is 12.7. The first kappa shape index (κ1) is 16.0. The lowest BCUT2D eigenvalue weighted by Gasteiger charge is -2.18. The SMILES string of the molecule is Nc1ccc(O[C@H]2CCN(C(=O)O)C2)c(-c2ccc(F)c(F)c2)c1. The maximum Gasteiger partial charge on any atom is 0.407 e. The largest absolute Gasteiger partial charge is 0.488 e. The number of carboxylic acid groups (broad SMARTS) is 1. The molecule has 2 aromatic carbocycles. The Morgan fingerprint density at radius 3 is 2.67 bits per heavy atom. The third kappa shape index (κ3) is 3.24. The minimum atomic E-state index is -0.987. The van der Waals surface area contributed by atoms with Crippen LogP contribution in [-0.2, 0) is 0 Å². The van der Waals surface area contributed by atoms with Crippen LogP contribution in [-0.4, -0.2) is 35.3 Å². The Kier molecular flexibility index (Phi) is 4.24. The minimum absolute atomic E-state index is 0.261. The number of hydrogen-bond donors (Lipinski definition) is 2. The second kappa shape index (κ2) is 6.35. The molecule has 126 valence electrons. The second-order valence-corrected chi connectivity index (χ2v) is 5.64. The van der Waals surface area contributed by atoms with Crippen LogP contribution in [0.2, 0.25) is 0 Å². The summed E-state index contributed by atoms with van der Waals surface area (Å²) in [6.07, 6.45) is -0.721. The number of nitrogens with zero attached hydrogens (tertiary/aromatic N) is 1. The molecule has 1 aliphatic heterocycles. The number of anilines is 1. The standard InChI is InChI=1S/C17H16F2N2O3/c18-14-3-1-10(7-15(14)19)13-8-11(20)2-4-16(13)24-12-5-6-21(9-12)17(22)23/h1-4,7-8,12H,5-6,9,20H2,(H,22,23)/t12-/m0/s1. The van der Waals surface area contributed by atoms with Crippen LogP contribution in [0, 0.1) is 11.6 Å². The number of rotatable bonds is 3. The van der Waals surface area contributed by atoms with Gasteiger partial charge in [-0.05, 0) is 35.9 Å². The van der Waals surface area contributed by atoms with Crippen molar-refractivity contribution in [2.75, 3.05) is 18.8 Å². The zero-order chi connectivity index (χ0) is 17.3. The highest BCUT2D eigenvalue weighted by Gasteiger charge is 2.28. The van der Waals surface area contributed by atoms with Crippen LogP contribution in [0.15, 0.2) is 36.4 Å². The highest BCUT2D eigenvalue weighted by molar-refractivity contribution is 5.74. The van der Waals surface area contributed by atoms with Gasteiger partial charge in [0.25, 0.3) is 0 Å². The average Bonchev–Trinajstić information content (AvgIpc) is 3.01. The van der Waals surface area contributed by atoms with E-state index in [1.54, 1.807) is 18.2 Å². The lowest BCUT2D eigenvalue weighted by molar-refractivity contribution is 0.146. The van der Waals surface area contributed by atoms with Crippen LogP contribution in [0.4, 0.5) is 19.3 Å². The smallest absolute Gasteiger partial charge is 0.407 e. The molecule has 0 unspecified atom stereocenters. The van der Waals surface area contributed by atoms with Gasteiger partial charge < -0.3 is 20.5 Å². The summed E-state index contributed by atoms with van der Waals surface area (Å²) in [6.45, 7) is 0.659. The van der Waals surface area contributed by atoms with Crippen molar-refractivity contribution in [3.63, 3.8) is 0 Å². The van der Waals surface area contributed by atoms with E-state index in [9.17, 15) is 13.6 Å². The average molecular weight is 334 g/mol. The summed E-state index contributed by atoms with van der Waals surface area (Å²) in [5, 5.41) is 9.00. The predicted molar refractivity (Wildman–Crippen MR) is 84.8 cm³/mol. The van der Waals surface area contributed by atoms with E-state index < -0.39 is 17.7 Å². The molecule has 1 heterocycles. The number of nitrogen functional groups attached to an aromatic ring is 1. The molecule has 0 spiro atoms. The first-order chi connectivity index (χ1) is 11.4. The molecule has 1 aliphatic rings. The molecule has 3 rings (SSSR count). The molecule has 1 saturated heterocycles. The number of hydrogen-bond acceptors (Lipinski definition) is 3. The molecule has 1 fully saturated rings. The molecule has 3 N–H and O–H groups in total. The van der Waals surface area contributed by atoms with Gasteiger partial charge in [-0.1, -0.05) is 6.07 Å². The van der Waals surface area contributed by atoms with Gasteiger partial charge in [0.2, 0.25) is 0 Å². The Hall–Kier alpha value is -2.83. The molecule has 0 radical (unpaired) electrons. The van der Waals surface area contributed by atoms with Crippen molar-refractivity contribution < 1.29 is 23.4 Å². The fourth-order valence-corrected chi connectivity index (χ4v) is 2.72. The van der Waals surface area contributed by atoms with Gasteiger partial charge in [0.15, 0.2) is 11.6 Å². The number of ether oxygens (including phenoxy) is 1. The second-order valence-electron chi connectivity index (χ2n) is 5.64. The first-order valence-electron chi connectivity index (χ1n) is 7.43. The van der Waals surface area contributed by atoms with Crippen LogP contribution in [0.25, 0.3) is 11.1 Å². The Morgan fingerprint density at radius 2 is 2.00 bits per heavy atom. The van der Waals surface area contributed by atoms with E-state index in [2.05, 4.69) is 0 Å². The summed E-state index contributed by atoms with van der Waals surface area (Å²) in [7, 11) is 0. The third-order valence-corrected chi connectivity index (χ3v) is 3.94. The number of halogens is 2. The van der Waals surface area contributed by atoms with Crippen LogP contribution in [0.5, 0.6) is 5.75 Å². The predicted octanol–water partition coefficient (Wildman–Crippen LogP) is 3.35. The molecule has 1 atom stereocenters. The number of likely N-dealkylation sites (tertiary alicyclic amines) is 1. The van der Waals surface area contributed by atoms with Gasteiger partial charge in [-0.3, -0.25) is 0 Å². The molecule has 0 saturated carbocycles. The quantitative estimate of drug-likeness (QED) is 0.844. The number of amides is 1. The van der Waals surface area contributed by atoms with Gasteiger partial charge in [0.05, 0.1) is 6.54 Å². The Balaban J connectivity index is 1.89. The van der Waals surface area contributed by atoms with Gasteiger partial charge in [0, 0.05) is 24.2 Å². The van der Waals surface area contributed by atoms with Crippen LogP contribution >= 0.6 is 0 Å². The number of nitrogens with two attached hydrogens (primary N) is 1. The highest BCUT2D eigenvalue weighted by atomic mass is 19.2. The van der Waals surface area contributed by atoms with Crippen molar-refractivity contribution in [1.82, 2.24) is 4.90 Å². The Labute approximate surface area is 137 Å². The third-order valence-electron chi connectivity index (χ3n) is 3.94. The van der Waals surface area contributed by atoms with Crippen molar-refractivity contribution in [3.05, 3.63) is 48.0 Å². The summed E-state index contributed by atoms with van der Waals surface area (Å²) < 4.78 is 32.6. The first-order valence-corrected chi connectivity index (χ1v) is 7.43. The molecule has 0 aromatic heterocycles. The highest BCUT2D eigenvalue weighted by Crippen LogP contribution is 2.34. The van der Waals surface area contributed by atoms with E-state index in [-0.39, 0.29) is 12.6 Å². The molecular formula is C17H16F2N2O3. The van der Waals surface area contributed by atoms with Crippen molar-refractivity contribution in [3.8, 4) is 16.9 Å². The molecule has 1 amide bonds. The van der Waals surface area contributed by atoms with Gasteiger partial charge in [-0.15, -0.1) is 0 Å². The van der Waals surface area contributed by atoms with Crippen molar-refractivity contribution in [2.45, 2.75) is 12.5 Å². The van der Waals surface area contributed by atoms with Gasteiger partial charge in [-0.2, -0.15) is 0 Å². The van der Waals surface area contributed by atoms with E-state index >= 15 is 0 Å². The lowest BCUT2D eigenvalue weighted by atomic mass is 10.0. The Bertz CT molecular complexity index is 782. The minimum Gasteiger partial charge on any atom is -0.488 e. The fourth-order valence-electron chi connectivity index (χ4n) is 2.72. The number of carbonyl (C=O) groups is 1. The lowest BCUT2D eigenvalue weighted by Crippen LogP contribution is -2.29. The topological polar surface area (TPSA) is 75.8 Å². The van der Waals surface area contributed by atoms with Crippen LogP contribution < -0.4 is 10.5 Å². The molecule has 2 aromatic rings. The van der Waals surface area contributed by atoms with E-state index in [0.717, 1.165) is 12.1 Å². The number of benzene rings is 2. The summed E-state index contributed by atoms with van der Waals surface area (Å²) >= 11 is 0. The molecule has 24 heavy (non-hydrogen) atoms. The molecule has 7 heteroatoms. The molecule has 0 bridgehead atoms. The molecular weight excluding hydrogens is 318 g/mol. The fraction of sp³-hybridized carbons (Fsp3) is 0.235. The maximum atomic E-state index is 13.5. The van der Waals surface area contributed by atoms with E-state index in [4.69, 9.17) is 15.6 Å². The molecule has 0 aliphatic carbocycles. The monoisotopic (exact) mass is 334 g/mol. The Morgan fingerprint density at radius 1 is 1.21 bits per heavy atom. The van der Waals surface area contributed by atoms with Gasteiger partial charge >= 0.3 is 6.09 Å². The van der Waals surface area contributed by atoms with Crippen molar-refractivity contribution in [1.29, 1.82) is 0 Å². The maximum absolute atomic E-state index is 13.5.